The van der Waals surface area contributed by atoms with Gasteiger partial charge in [-0.05, 0) is 157 Å². The average molecular weight is 1590 g/mol. The summed E-state index contributed by atoms with van der Waals surface area (Å²) in [6.07, 6.45) is 0. The molecule has 0 N–H and O–H groups in total. The van der Waals surface area contributed by atoms with Crippen molar-refractivity contribution in [2.24, 2.45) is 0 Å². The SMILES string of the molecule is CB1OCc2cc(Sc3ccccc3C#N)ccc21.CB1OCc2ccc(Sc3ccccc3C#N)cc21.[C-]#[N+]c1ccc(Sc2ccc3c(c2)B(C)OC3)cc1.[C-]#[N+]c1ccc(Sc2ccc3c(c2)COB3C)cc1.[C-]#[N+]c1cccc(Sc2ccc3c(c2)B(C)OC3)c1.[C-]#[N+]c1cccc(Sc2ccc3c(c2)COB3C)c1. The van der Waals surface area contributed by atoms with E-state index in [2.05, 4.69) is 182 Å². The Labute approximate surface area is 696 Å². The van der Waals surface area contributed by atoms with Gasteiger partial charge in [0, 0.05) is 58.7 Å². The molecular weight excluding hydrogens is 1520 g/mol. The van der Waals surface area contributed by atoms with Gasteiger partial charge in [0.15, 0.2) is 22.7 Å². The van der Waals surface area contributed by atoms with Crippen LogP contribution >= 0.6 is 70.6 Å². The normalized spacial score (nSPS) is 13.2. The first-order chi connectivity index (χ1) is 55.6. The quantitative estimate of drug-likeness (QED) is 0.0852. The molecule has 0 spiro atoms. The largest absolute Gasteiger partial charge is 0.427 e. The van der Waals surface area contributed by atoms with Crippen molar-refractivity contribution in [1.82, 2.24) is 0 Å². The molecule has 6 heterocycles. The predicted octanol–water partition coefficient (Wildman–Crippen LogP) is 21.1. The summed E-state index contributed by atoms with van der Waals surface area (Å²) in [6, 6.07) is 89.3. The fourth-order valence-electron chi connectivity index (χ4n) is 13.3. The molecule has 0 fully saturated rings. The van der Waals surface area contributed by atoms with Gasteiger partial charge in [-0.15, -0.1) is 0 Å². The van der Waals surface area contributed by atoms with E-state index >= 15 is 0 Å². The third kappa shape index (κ3) is 21.4. The van der Waals surface area contributed by atoms with Crippen LogP contribution in [0.3, 0.4) is 0 Å². The highest BCUT2D eigenvalue weighted by Crippen LogP contribution is 2.37. The number of rotatable bonds is 12. The molecule has 0 radical (unpaired) electrons. The molecule has 114 heavy (non-hydrogen) atoms. The van der Waals surface area contributed by atoms with Gasteiger partial charge < -0.3 is 27.9 Å². The average Bonchev–Trinajstić information content (AvgIpc) is 1.71. The van der Waals surface area contributed by atoms with Crippen LogP contribution in [0.1, 0.15) is 44.5 Å². The number of nitrogens with zero attached hydrogens (tertiary/aromatic N) is 6. The molecule has 0 aromatic heterocycles. The number of nitriles is 2. The lowest BCUT2D eigenvalue weighted by Gasteiger charge is -2.06. The maximum atomic E-state index is 9.11. The molecule has 0 saturated heterocycles. The molecule has 18 rings (SSSR count). The second-order valence-corrected chi connectivity index (χ2v) is 34.0. The molecule has 0 amide bonds. The second kappa shape index (κ2) is 39.7. The molecule has 24 heteroatoms. The molecule has 0 atom stereocenters. The number of fused-ring (bicyclic) bond motifs is 6. The predicted molar refractivity (Wildman–Crippen MR) is 473 cm³/mol. The van der Waals surface area contributed by atoms with Gasteiger partial charge in [-0.25, -0.2) is 19.4 Å². The van der Waals surface area contributed by atoms with E-state index in [0.717, 1.165) is 56.9 Å². The fourth-order valence-corrected chi connectivity index (χ4v) is 18.8. The molecule has 0 unspecified atom stereocenters. The minimum Gasteiger partial charge on any atom is -0.427 e. The summed E-state index contributed by atoms with van der Waals surface area (Å²) in [5.74, 6) is 0. The third-order valence-electron chi connectivity index (χ3n) is 19.5. The zero-order valence-electron chi connectivity index (χ0n) is 63.5. The first-order valence-corrected chi connectivity index (χ1v) is 41.9. The zero-order valence-corrected chi connectivity index (χ0v) is 68.4. The highest BCUT2D eigenvalue weighted by atomic mass is 32.2. The van der Waals surface area contributed by atoms with Gasteiger partial charge in [-0.3, -0.25) is 0 Å². The van der Waals surface area contributed by atoms with Crippen LogP contribution in [0.5, 0.6) is 0 Å². The van der Waals surface area contributed by atoms with E-state index in [1.165, 1.54) is 85.7 Å². The van der Waals surface area contributed by atoms with Crippen molar-refractivity contribution in [2.45, 2.75) is 139 Å². The van der Waals surface area contributed by atoms with Crippen molar-refractivity contribution < 1.29 is 27.9 Å². The Kier molecular flexibility index (Phi) is 28.5. The summed E-state index contributed by atoms with van der Waals surface area (Å²) in [4.78, 5) is 27.3. The highest BCUT2D eigenvalue weighted by molar-refractivity contribution is 8.00. The molecule has 0 saturated carbocycles. The van der Waals surface area contributed by atoms with Crippen LogP contribution in [-0.4, -0.2) is 41.5 Å². The van der Waals surface area contributed by atoms with E-state index in [0.29, 0.717) is 55.8 Å². The molecular formula is C90H72B6N6O6S6. The Morgan fingerprint density at radius 2 is 0.518 bits per heavy atom. The monoisotopic (exact) mass is 1590 g/mol. The lowest BCUT2D eigenvalue weighted by molar-refractivity contribution is 0.333. The van der Waals surface area contributed by atoms with Crippen LogP contribution in [-0.2, 0) is 67.6 Å². The van der Waals surface area contributed by atoms with Gasteiger partial charge in [0.2, 0.25) is 0 Å². The van der Waals surface area contributed by atoms with Crippen molar-refractivity contribution in [3.8, 4) is 12.1 Å². The maximum absolute atomic E-state index is 9.11. The number of hydrogen-bond donors (Lipinski definition) is 0. The first kappa shape index (κ1) is 81.8. The molecule has 0 aliphatic carbocycles. The van der Waals surface area contributed by atoms with Gasteiger partial charge in [0.05, 0.1) is 77.1 Å². The van der Waals surface area contributed by atoms with Crippen molar-refractivity contribution in [3.63, 3.8) is 0 Å². The van der Waals surface area contributed by atoms with Gasteiger partial charge >= 0.3 is 41.5 Å². The Balaban J connectivity index is 0.000000119. The van der Waals surface area contributed by atoms with Crippen molar-refractivity contribution in [2.75, 3.05) is 0 Å². The summed E-state index contributed by atoms with van der Waals surface area (Å²) >= 11 is 10.1. The minimum absolute atomic E-state index is 0.168. The van der Waals surface area contributed by atoms with Crippen LogP contribution in [0.4, 0.5) is 22.7 Å². The van der Waals surface area contributed by atoms with E-state index in [1.54, 1.807) is 70.6 Å². The van der Waals surface area contributed by atoms with Crippen LogP contribution < -0.4 is 32.8 Å². The summed E-state index contributed by atoms with van der Waals surface area (Å²) in [6.45, 7) is 45.9. The van der Waals surface area contributed by atoms with Crippen LogP contribution in [0.2, 0.25) is 40.9 Å². The van der Waals surface area contributed by atoms with Crippen LogP contribution in [0.15, 0.2) is 314 Å². The molecule has 0 bridgehead atoms. The standard InChI is InChI=1S/6C15H12BNOS/c1-16-15-9-14(6-3-11(15)10-18-16)19-13-7-4-12(17-2)5-8-13;1-16-15-8-7-14(9-11(15)10-18-16)19-13-5-3-12(17-2)4-6-13;1-16-15-7-6-14(8-11(15)10-18-16)19-13-5-3-4-12(9-13)17-2;1-16-15-9-14(7-6-11(15)10-18-16)19-13-5-3-4-12(8-13)17-2;1-16-14-7-6-13(8-12(14)10-18-16)19-15-5-3-2-4-11(15)9-17;1-16-14-8-13(7-6-12(14)10-18-16)19-15-5-3-2-4-11(15)9-17/h4*3-9H,10H2,1H3;2*2-8H,10H2,1H3. The van der Waals surface area contributed by atoms with Crippen molar-refractivity contribution in [1.29, 1.82) is 10.5 Å². The summed E-state index contributed by atoms with van der Waals surface area (Å²) < 4.78 is 33.7. The molecule has 6 aliphatic heterocycles. The van der Waals surface area contributed by atoms with E-state index < -0.39 is 0 Å². The smallest absolute Gasteiger partial charge is 0.324 e. The molecule has 552 valence electrons. The van der Waals surface area contributed by atoms with Crippen LogP contribution in [0.25, 0.3) is 19.4 Å². The van der Waals surface area contributed by atoms with Crippen molar-refractivity contribution in [3.05, 3.63) is 345 Å². The lowest BCUT2D eigenvalue weighted by Crippen LogP contribution is -2.24. The van der Waals surface area contributed by atoms with Gasteiger partial charge in [0.1, 0.15) is 12.1 Å². The summed E-state index contributed by atoms with van der Waals surface area (Å²) in [5, 5.41) is 18.2. The van der Waals surface area contributed by atoms with Crippen molar-refractivity contribution >= 4 is 168 Å². The fraction of sp³-hybridized carbons (Fsp3) is 0.133. The Morgan fingerprint density at radius 1 is 0.254 bits per heavy atom. The van der Waals surface area contributed by atoms with E-state index in [4.69, 9.17) is 64.7 Å². The Morgan fingerprint density at radius 3 is 0.851 bits per heavy atom. The van der Waals surface area contributed by atoms with E-state index in [9.17, 15) is 0 Å². The molecule has 12 aromatic carbocycles. The van der Waals surface area contributed by atoms with E-state index in [-0.39, 0.29) is 41.5 Å². The topological polar surface area (TPSA) is 120 Å². The summed E-state index contributed by atoms with van der Waals surface area (Å²) in [5.41, 5.74) is 19.5. The highest BCUT2D eigenvalue weighted by Gasteiger charge is 2.29. The Hall–Kier alpha value is -10.2. The second-order valence-electron chi connectivity index (χ2n) is 27.1. The molecule has 6 aliphatic rings. The zero-order chi connectivity index (χ0) is 79.5. The summed E-state index contributed by atoms with van der Waals surface area (Å²) in [7, 11) is 0. The van der Waals surface area contributed by atoms with E-state index in [1.807, 2.05) is 146 Å². The number of benzene rings is 12. The molecule has 12 nitrogen and oxygen atoms in total. The van der Waals surface area contributed by atoms with Gasteiger partial charge in [-0.2, -0.15) is 10.5 Å². The molecule has 12 aromatic rings. The van der Waals surface area contributed by atoms with Gasteiger partial charge in [-0.1, -0.05) is 275 Å². The van der Waals surface area contributed by atoms with Gasteiger partial charge in [0.25, 0.3) is 0 Å². The third-order valence-corrected chi connectivity index (χ3v) is 25.6. The number of hydrogen-bond acceptors (Lipinski definition) is 14. The first-order valence-electron chi connectivity index (χ1n) is 37.0. The Bertz CT molecular complexity index is 5770. The lowest BCUT2D eigenvalue weighted by atomic mass is 9.64. The maximum Gasteiger partial charge on any atom is 0.324 e. The van der Waals surface area contributed by atoms with Crippen LogP contribution in [0, 0.1) is 49.0 Å². The minimum atomic E-state index is 0.168.